The minimum absolute atomic E-state index is 0.0628. The second-order valence-electron chi connectivity index (χ2n) is 5.52. The first kappa shape index (κ1) is 17.8. The van der Waals surface area contributed by atoms with E-state index < -0.39 is 28.4 Å². The summed E-state index contributed by atoms with van der Waals surface area (Å²) in [5.74, 6) is -2.41. The lowest BCUT2D eigenvalue weighted by molar-refractivity contribution is -0.385. The van der Waals surface area contributed by atoms with Crippen molar-refractivity contribution in [2.75, 3.05) is 5.01 Å². The van der Waals surface area contributed by atoms with Crippen molar-refractivity contribution < 1.29 is 24.0 Å². The second kappa shape index (κ2) is 7.08. The van der Waals surface area contributed by atoms with Gasteiger partial charge in [-0.2, -0.15) is 0 Å². The molecule has 0 aliphatic carbocycles. The zero-order valence-electron chi connectivity index (χ0n) is 14.0. The molecular weight excluding hydrogens is 354 g/mol. The van der Waals surface area contributed by atoms with Gasteiger partial charge < -0.3 is 4.74 Å². The average Bonchev–Trinajstić information content (AvgIpc) is 2.91. The molecule has 0 spiro atoms. The van der Waals surface area contributed by atoms with Crippen LogP contribution in [0.3, 0.4) is 0 Å². The molecule has 3 rings (SSSR count). The molecule has 0 radical (unpaired) electrons. The zero-order valence-corrected chi connectivity index (χ0v) is 14.0. The van der Waals surface area contributed by atoms with E-state index in [1.54, 1.807) is 30.3 Å². The van der Waals surface area contributed by atoms with Gasteiger partial charge in [0.05, 0.1) is 10.6 Å². The van der Waals surface area contributed by atoms with Gasteiger partial charge in [0.25, 0.3) is 11.8 Å². The van der Waals surface area contributed by atoms with Crippen LogP contribution in [-0.2, 0) is 14.4 Å². The van der Waals surface area contributed by atoms with E-state index in [-0.39, 0.29) is 16.9 Å². The number of para-hydroxylation sites is 2. The van der Waals surface area contributed by atoms with Crippen molar-refractivity contribution in [2.45, 2.75) is 6.92 Å². The average molecular weight is 367 g/mol. The molecule has 0 aromatic heterocycles. The highest BCUT2D eigenvalue weighted by atomic mass is 16.6. The van der Waals surface area contributed by atoms with E-state index in [0.29, 0.717) is 5.69 Å². The number of rotatable bonds is 4. The van der Waals surface area contributed by atoms with Crippen molar-refractivity contribution in [3.63, 3.8) is 0 Å². The minimum Gasteiger partial charge on any atom is -0.419 e. The second-order valence-corrected chi connectivity index (χ2v) is 5.52. The highest BCUT2D eigenvalue weighted by Crippen LogP contribution is 2.33. The summed E-state index contributed by atoms with van der Waals surface area (Å²) in [6.45, 7) is 1.10. The standard InChI is InChI=1S/C18H13N3O6/c1-11(22)27-16-12(6-5-9-15(16)21(25)26)10-14-17(23)19-20(18(14)24)13-7-3-2-4-8-13/h2-10H,1H3,(H,19,23). The summed E-state index contributed by atoms with van der Waals surface area (Å²) in [5, 5.41) is 12.3. The molecule has 1 saturated heterocycles. The Balaban J connectivity index is 2.05. The molecule has 2 amide bonds. The molecule has 0 saturated carbocycles. The number of carbonyl (C=O) groups is 3. The summed E-state index contributed by atoms with van der Waals surface area (Å²) >= 11 is 0. The maximum absolute atomic E-state index is 12.6. The SMILES string of the molecule is CC(=O)Oc1c(C=C2C(=O)NN(c3ccccc3)C2=O)cccc1[N+](=O)[O-]. The summed E-state index contributed by atoms with van der Waals surface area (Å²) in [7, 11) is 0. The highest BCUT2D eigenvalue weighted by Gasteiger charge is 2.35. The molecule has 1 N–H and O–H groups in total. The van der Waals surface area contributed by atoms with E-state index in [1.807, 2.05) is 0 Å². The van der Waals surface area contributed by atoms with Gasteiger partial charge in [0.1, 0.15) is 5.57 Å². The van der Waals surface area contributed by atoms with Crippen LogP contribution in [0.25, 0.3) is 6.08 Å². The summed E-state index contributed by atoms with van der Waals surface area (Å²) in [4.78, 5) is 46.7. The minimum atomic E-state index is -0.767. The van der Waals surface area contributed by atoms with Crippen LogP contribution in [0.4, 0.5) is 11.4 Å². The fraction of sp³-hybridized carbons (Fsp3) is 0.0556. The highest BCUT2D eigenvalue weighted by molar-refractivity contribution is 6.31. The van der Waals surface area contributed by atoms with Crippen LogP contribution in [-0.4, -0.2) is 22.7 Å². The third-order valence-electron chi connectivity index (χ3n) is 3.67. The molecule has 9 heteroatoms. The molecule has 1 aliphatic heterocycles. The van der Waals surface area contributed by atoms with Crippen molar-refractivity contribution in [2.24, 2.45) is 0 Å². The van der Waals surface area contributed by atoms with E-state index in [9.17, 15) is 24.5 Å². The Hall–Kier alpha value is -4.01. The smallest absolute Gasteiger partial charge is 0.312 e. The summed E-state index contributed by atoms with van der Waals surface area (Å²) in [6.07, 6.45) is 1.16. The Morgan fingerprint density at radius 1 is 1.15 bits per heavy atom. The van der Waals surface area contributed by atoms with Crippen molar-refractivity contribution in [3.05, 3.63) is 69.8 Å². The molecule has 1 fully saturated rings. The Kier molecular flexibility index (Phi) is 4.67. The number of nitrogens with one attached hydrogen (secondary N) is 1. The number of hydrazine groups is 1. The van der Waals surface area contributed by atoms with Crippen LogP contribution in [0.1, 0.15) is 12.5 Å². The number of benzene rings is 2. The number of anilines is 1. The number of carbonyl (C=O) groups excluding carboxylic acids is 3. The molecule has 136 valence electrons. The van der Waals surface area contributed by atoms with Crippen LogP contribution in [0, 0.1) is 10.1 Å². The van der Waals surface area contributed by atoms with Crippen molar-refractivity contribution in [1.82, 2.24) is 5.43 Å². The zero-order chi connectivity index (χ0) is 19.6. The predicted molar refractivity (Wildman–Crippen MR) is 94.5 cm³/mol. The number of esters is 1. The third-order valence-corrected chi connectivity index (χ3v) is 3.67. The van der Waals surface area contributed by atoms with Crippen LogP contribution in [0.15, 0.2) is 54.1 Å². The number of nitro benzene ring substituents is 1. The quantitative estimate of drug-likeness (QED) is 0.220. The number of nitrogens with zero attached hydrogens (tertiary/aromatic N) is 2. The maximum atomic E-state index is 12.6. The molecule has 2 aromatic rings. The predicted octanol–water partition coefficient (Wildman–Crippen LogP) is 1.98. The Morgan fingerprint density at radius 2 is 1.85 bits per heavy atom. The molecule has 2 aromatic carbocycles. The van der Waals surface area contributed by atoms with E-state index in [1.165, 1.54) is 12.1 Å². The van der Waals surface area contributed by atoms with Crippen LogP contribution in [0.5, 0.6) is 5.75 Å². The van der Waals surface area contributed by atoms with E-state index >= 15 is 0 Å². The number of hydrogen-bond acceptors (Lipinski definition) is 6. The van der Waals surface area contributed by atoms with E-state index in [4.69, 9.17) is 4.74 Å². The van der Waals surface area contributed by atoms with Gasteiger partial charge >= 0.3 is 11.7 Å². The number of amides is 2. The van der Waals surface area contributed by atoms with Gasteiger partial charge in [-0.3, -0.25) is 29.9 Å². The molecular formula is C18H13N3O6. The van der Waals surface area contributed by atoms with Gasteiger partial charge in [-0.25, -0.2) is 5.01 Å². The van der Waals surface area contributed by atoms with E-state index in [0.717, 1.165) is 24.1 Å². The van der Waals surface area contributed by atoms with Crippen LogP contribution < -0.4 is 15.2 Å². The monoisotopic (exact) mass is 367 g/mol. The van der Waals surface area contributed by atoms with Crippen molar-refractivity contribution in [3.8, 4) is 5.75 Å². The molecule has 0 unspecified atom stereocenters. The first-order valence-corrected chi connectivity index (χ1v) is 7.76. The summed E-state index contributed by atoms with van der Waals surface area (Å²) < 4.78 is 4.95. The largest absolute Gasteiger partial charge is 0.419 e. The Morgan fingerprint density at radius 3 is 2.48 bits per heavy atom. The molecule has 0 bridgehead atoms. The fourth-order valence-corrected chi connectivity index (χ4v) is 2.53. The van der Waals surface area contributed by atoms with Gasteiger partial charge in [-0.15, -0.1) is 0 Å². The molecule has 1 aliphatic rings. The lowest BCUT2D eigenvalue weighted by Gasteiger charge is -2.13. The van der Waals surface area contributed by atoms with E-state index in [2.05, 4.69) is 5.43 Å². The summed E-state index contributed by atoms with van der Waals surface area (Å²) in [5.41, 5.74) is 2.25. The summed E-state index contributed by atoms with van der Waals surface area (Å²) in [6, 6.07) is 12.4. The molecule has 27 heavy (non-hydrogen) atoms. The number of ether oxygens (including phenoxy) is 1. The first-order valence-electron chi connectivity index (χ1n) is 7.76. The molecule has 9 nitrogen and oxygen atoms in total. The van der Waals surface area contributed by atoms with Gasteiger partial charge in [-0.1, -0.05) is 30.3 Å². The van der Waals surface area contributed by atoms with Gasteiger partial charge in [0, 0.05) is 18.6 Å². The lowest BCUT2D eigenvalue weighted by atomic mass is 10.1. The van der Waals surface area contributed by atoms with Crippen LogP contribution in [0.2, 0.25) is 0 Å². The first-order chi connectivity index (χ1) is 12.9. The third kappa shape index (κ3) is 3.52. The lowest BCUT2D eigenvalue weighted by Crippen LogP contribution is -2.35. The fourth-order valence-electron chi connectivity index (χ4n) is 2.53. The Bertz CT molecular complexity index is 984. The topological polar surface area (TPSA) is 119 Å². The number of hydrogen-bond donors (Lipinski definition) is 1. The molecule has 0 atom stereocenters. The van der Waals surface area contributed by atoms with Crippen molar-refractivity contribution >= 4 is 35.2 Å². The van der Waals surface area contributed by atoms with Crippen molar-refractivity contribution in [1.29, 1.82) is 0 Å². The normalized spacial score (nSPS) is 15.0. The molecule has 1 heterocycles. The number of nitro groups is 1. The van der Waals surface area contributed by atoms with Crippen LogP contribution >= 0.6 is 0 Å². The Labute approximate surface area is 153 Å². The van der Waals surface area contributed by atoms with Gasteiger partial charge in [0.2, 0.25) is 5.75 Å². The van der Waals surface area contributed by atoms with Gasteiger partial charge in [0.15, 0.2) is 0 Å². The maximum Gasteiger partial charge on any atom is 0.312 e. The van der Waals surface area contributed by atoms with Gasteiger partial charge in [-0.05, 0) is 18.2 Å².